The highest BCUT2D eigenvalue weighted by atomic mass is 35.5. The number of nitrogens with two attached hydrogens (primary N) is 1. The third-order valence-electron chi connectivity index (χ3n) is 6.11. The van der Waals surface area contributed by atoms with Crippen LogP contribution in [0.1, 0.15) is 27.0 Å². The van der Waals surface area contributed by atoms with Crippen molar-refractivity contribution in [1.82, 2.24) is 9.88 Å². The number of hydrogen-bond acceptors (Lipinski definition) is 5. The van der Waals surface area contributed by atoms with Gasteiger partial charge in [-0.2, -0.15) is 0 Å². The second-order valence-corrected chi connectivity index (χ2v) is 8.43. The van der Waals surface area contributed by atoms with Crippen LogP contribution in [0.15, 0.2) is 65.6 Å². The molecule has 0 radical (unpaired) electrons. The molecule has 5 rings (SSSR count). The first-order valence-electron chi connectivity index (χ1n) is 10.3. The lowest BCUT2D eigenvalue weighted by molar-refractivity contribution is -0.0539. The highest BCUT2D eigenvalue weighted by Gasteiger charge is 2.53. The molecule has 1 amide bonds. The Morgan fingerprint density at radius 1 is 1.12 bits per heavy atom. The molecule has 0 bridgehead atoms. The summed E-state index contributed by atoms with van der Waals surface area (Å²) in [4.78, 5) is 30.0. The van der Waals surface area contributed by atoms with Crippen molar-refractivity contribution in [2.24, 2.45) is 0 Å². The van der Waals surface area contributed by atoms with Crippen LogP contribution in [0.3, 0.4) is 0 Å². The largest absolute Gasteiger partial charge is 0.497 e. The molecular formula is C25H19ClFN3O4. The Kier molecular flexibility index (Phi) is 5.07. The smallest absolute Gasteiger partial charge is 0.258 e. The first kappa shape index (κ1) is 21.9. The number of nitrogens with one attached hydrogen (secondary N) is 1. The van der Waals surface area contributed by atoms with E-state index in [-0.39, 0.29) is 39.3 Å². The fourth-order valence-corrected chi connectivity index (χ4v) is 4.77. The maximum Gasteiger partial charge on any atom is 0.258 e. The normalized spacial score (nSPS) is 17.3. The number of halogens is 2. The summed E-state index contributed by atoms with van der Waals surface area (Å²) in [6, 6.07) is 13.4. The quantitative estimate of drug-likeness (QED) is 0.386. The molecular weight excluding hydrogens is 461 g/mol. The number of nitrogens with zero attached hydrogens (tertiary/aromatic N) is 1. The highest BCUT2D eigenvalue weighted by Crippen LogP contribution is 2.49. The number of nitrogen functional groups attached to an aromatic ring is 1. The molecule has 0 saturated carbocycles. The van der Waals surface area contributed by atoms with Crippen molar-refractivity contribution in [3.63, 3.8) is 0 Å². The van der Waals surface area contributed by atoms with E-state index in [2.05, 4.69) is 4.98 Å². The summed E-state index contributed by atoms with van der Waals surface area (Å²) in [5.74, 6) is -0.594. The molecule has 4 N–H and O–H groups in total. The van der Waals surface area contributed by atoms with Gasteiger partial charge in [-0.3, -0.25) is 14.5 Å². The van der Waals surface area contributed by atoms with Crippen LogP contribution >= 0.6 is 11.6 Å². The summed E-state index contributed by atoms with van der Waals surface area (Å²) >= 11 is 6.41. The number of aromatic amines is 1. The second kappa shape index (κ2) is 7.86. The lowest BCUT2D eigenvalue weighted by atomic mass is 9.89. The number of fused-ring (bicyclic) bond motifs is 3. The van der Waals surface area contributed by atoms with Crippen molar-refractivity contribution in [2.75, 3.05) is 12.8 Å². The van der Waals surface area contributed by atoms with Crippen molar-refractivity contribution >= 4 is 34.0 Å². The Hall–Kier alpha value is -3.88. The van der Waals surface area contributed by atoms with E-state index in [1.54, 1.807) is 30.3 Å². The molecule has 4 aromatic rings. The van der Waals surface area contributed by atoms with Crippen LogP contribution in [0.5, 0.6) is 5.75 Å². The summed E-state index contributed by atoms with van der Waals surface area (Å²) < 4.78 is 19.5. The average molecular weight is 480 g/mol. The van der Waals surface area contributed by atoms with Gasteiger partial charge in [-0.15, -0.1) is 0 Å². The lowest BCUT2D eigenvalue weighted by Gasteiger charge is -2.36. The van der Waals surface area contributed by atoms with Crippen molar-refractivity contribution < 1.29 is 19.0 Å². The van der Waals surface area contributed by atoms with Crippen LogP contribution in [-0.4, -0.2) is 28.0 Å². The Morgan fingerprint density at radius 3 is 2.56 bits per heavy atom. The fourth-order valence-electron chi connectivity index (χ4n) is 4.52. The van der Waals surface area contributed by atoms with Crippen molar-refractivity contribution in [2.45, 2.75) is 12.3 Å². The van der Waals surface area contributed by atoms with Gasteiger partial charge in [0.25, 0.3) is 11.5 Å². The Morgan fingerprint density at radius 2 is 1.85 bits per heavy atom. The van der Waals surface area contributed by atoms with E-state index in [0.29, 0.717) is 16.7 Å². The molecule has 1 aromatic heterocycles. The Labute approximate surface area is 198 Å². The van der Waals surface area contributed by atoms with E-state index < -0.39 is 23.0 Å². The summed E-state index contributed by atoms with van der Waals surface area (Å²) in [5, 5.41) is 12.8. The van der Waals surface area contributed by atoms with E-state index in [4.69, 9.17) is 22.1 Å². The van der Waals surface area contributed by atoms with Crippen molar-refractivity contribution in [1.29, 1.82) is 0 Å². The predicted octanol–water partition coefficient (Wildman–Crippen LogP) is 3.76. The number of carbonyl (C=O) groups is 1. The molecule has 1 unspecified atom stereocenters. The Bertz CT molecular complexity index is 1520. The van der Waals surface area contributed by atoms with Crippen LogP contribution in [0, 0.1) is 5.82 Å². The second-order valence-electron chi connectivity index (χ2n) is 8.02. The molecule has 7 nitrogen and oxygen atoms in total. The fraction of sp³-hybridized carbons (Fsp3) is 0.120. The Balaban J connectivity index is 1.80. The molecule has 1 aliphatic heterocycles. The number of carbonyl (C=O) groups excluding carboxylic acids is 1. The zero-order chi connectivity index (χ0) is 24.2. The zero-order valence-electron chi connectivity index (χ0n) is 17.9. The summed E-state index contributed by atoms with van der Waals surface area (Å²) in [7, 11) is 1.54. The topological polar surface area (TPSA) is 109 Å². The lowest BCUT2D eigenvalue weighted by Crippen LogP contribution is -2.44. The van der Waals surface area contributed by atoms with E-state index in [0.717, 1.165) is 12.1 Å². The van der Waals surface area contributed by atoms with Crippen LogP contribution in [-0.2, 0) is 12.3 Å². The van der Waals surface area contributed by atoms with Crippen molar-refractivity contribution in [3.8, 4) is 5.75 Å². The highest BCUT2D eigenvalue weighted by molar-refractivity contribution is 6.31. The summed E-state index contributed by atoms with van der Waals surface area (Å²) in [6.07, 6.45) is 1.41. The van der Waals surface area contributed by atoms with Gasteiger partial charge >= 0.3 is 0 Å². The minimum absolute atomic E-state index is 0.00705. The van der Waals surface area contributed by atoms with Gasteiger partial charge in [-0.1, -0.05) is 23.7 Å². The standard InChI is InChI=1S/C25H19ClFN3O4/c1-34-15-5-2-13(3-6-15)12-30-24(32)21-16-8-9-29-23(31)17(16)11-20(28)22(21)25(30,33)18-10-14(27)4-7-19(18)26/h2-11,33H,12,28H2,1H3,(H,29,31). The third-order valence-corrected chi connectivity index (χ3v) is 6.44. The molecule has 0 aliphatic carbocycles. The van der Waals surface area contributed by atoms with E-state index >= 15 is 0 Å². The number of hydrogen-bond donors (Lipinski definition) is 3. The van der Waals surface area contributed by atoms with Gasteiger partial charge in [0, 0.05) is 45.4 Å². The van der Waals surface area contributed by atoms with Crippen LogP contribution in [0.25, 0.3) is 10.8 Å². The number of aliphatic hydroxyl groups is 1. The van der Waals surface area contributed by atoms with Gasteiger partial charge in [0.05, 0.1) is 12.7 Å². The van der Waals surface area contributed by atoms with Gasteiger partial charge in [-0.05, 0) is 48.0 Å². The van der Waals surface area contributed by atoms with Gasteiger partial charge in [0.1, 0.15) is 11.6 Å². The number of pyridine rings is 1. The number of anilines is 1. The van der Waals surface area contributed by atoms with Crippen molar-refractivity contribution in [3.05, 3.63) is 104 Å². The SMILES string of the molecule is COc1ccc(CN2C(=O)c3c(c(N)cc4c(=O)[nH]ccc34)C2(O)c2cc(F)ccc2Cl)cc1. The number of methoxy groups -OCH3 is 1. The van der Waals surface area contributed by atoms with Crippen LogP contribution < -0.4 is 16.0 Å². The zero-order valence-corrected chi connectivity index (χ0v) is 18.7. The number of benzene rings is 3. The summed E-state index contributed by atoms with van der Waals surface area (Å²) in [5.41, 5.74) is 4.47. The molecule has 0 spiro atoms. The molecule has 0 fully saturated rings. The van der Waals surface area contributed by atoms with Gasteiger partial charge in [-0.25, -0.2) is 4.39 Å². The molecule has 34 heavy (non-hydrogen) atoms. The number of H-pyrrole nitrogens is 1. The minimum atomic E-state index is -2.19. The average Bonchev–Trinajstić information content (AvgIpc) is 3.05. The molecule has 172 valence electrons. The van der Waals surface area contributed by atoms with E-state index in [1.165, 1.54) is 30.3 Å². The van der Waals surface area contributed by atoms with Gasteiger partial charge in [0.2, 0.25) is 0 Å². The van der Waals surface area contributed by atoms with Crippen LogP contribution in [0.2, 0.25) is 5.02 Å². The van der Waals surface area contributed by atoms with E-state index in [9.17, 15) is 19.1 Å². The molecule has 1 aliphatic rings. The van der Waals surface area contributed by atoms with E-state index in [1.807, 2.05) is 0 Å². The molecule has 9 heteroatoms. The maximum atomic E-state index is 14.3. The maximum absolute atomic E-state index is 14.3. The molecule has 2 heterocycles. The monoisotopic (exact) mass is 479 g/mol. The number of ether oxygens (including phenoxy) is 1. The first-order valence-corrected chi connectivity index (χ1v) is 10.7. The number of amides is 1. The molecule has 1 atom stereocenters. The van der Waals surface area contributed by atoms with Gasteiger partial charge < -0.3 is 20.6 Å². The third kappa shape index (κ3) is 3.14. The molecule has 0 saturated heterocycles. The number of rotatable bonds is 4. The first-order chi connectivity index (χ1) is 16.3. The van der Waals surface area contributed by atoms with Gasteiger partial charge in [0.15, 0.2) is 5.72 Å². The molecule has 3 aromatic carbocycles. The predicted molar refractivity (Wildman–Crippen MR) is 126 cm³/mol. The summed E-state index contributed by atoms with van der Waals surface area (Å²) in [6.45, 7) is -0.0506. The van der Waals surface area contributed by atoms with Crippen LogP contribution in [0.4, 0.5) is 10.1 Å². The number of aromatic nitrogens is 1. The minimum Gasteiger partial charge on any atom is -0.497 e.